The zero-order valence-electron chi connectivity index (χ0n) is 24.5. The number of phenolic OH excluding ortho intramolecular Hbond substituents is 1. The van der Waals surface area contributed by atoms with E-state index in [1.165, 1.54) is 9.80 Å². The second kappa shape index (κ2) is 9.76. The summed E-state index contributed by atoms with van der Waals surface area (Å²) < 4.78 is 0. The quantitative estimate of drug-likeness (QED) is 0.319. The van der Waals surface area contributed by atoms with Crippen LogP contribution in [0.3, 0.4) is 0 Å². The average Bonchev–Trinajstić information content (AvgIpc) is 3.39. The van der Waals surface area contributed by atoms with Gasteiger partial charge in [-0.1, -0.05) is 67.1 Å². The lowest BCUT2D eigenvalue weighted by Crippen LogP contribution is -2.49. The van der Waals surface area contributed by atoms with Crippen LogP contribution in [0.5, 0.6) is 5.75 Å². The molecule has 1 N–H and O–H groups in total. The fourth-order valence-electron chi connectivity index (χ4n) is 8.23. The molecule has 43 heavy (non-hydrogen) atoms. The van der Waals surface area contributed by atoms with Crippen LogP contribution in [0.4, 0.5) is 11.4 Å². The molecule has 4 amide bonds. The van der Waals surface area contributed by atoms with Crippen molar-refractivity contribution >= 4 is 35.0 Å². The molecule has 3 aromatic rings. The molecule has 3 aromatic carbocycles. The van der Waals surface area contributed by atoms with Crippen molar-refractivity contribution in [3.8, 4) is 5.75 Å². The molecule has 2 aliphatic heterocycles. The van der Waals surface area contributed by atoms with Crippen LogP contribution in [0.15, 0.2) is 84.4 Å². The van der Waals surface area contributed by atoms with E-state index in [-0.39, 0.29) is 35.8 Å². The Hall–Kier alpha value is -4.52. The van der Waals surface area contributed by atoms with Gasteiger partial charge in [-0.3, -0.25) is 24.1 Å². The maximum atomic E-state index is 14.4. The largest absolute Gasteiger partial charge is 0.507 e. The van der Waals surface area contributed by atoms with Crippen molar-refractivity contribution in [2.45, 2.75) is 46.0 Å². The molecule has 6 unspecified atom stereocenters. The number of benzene rings is 3. The van der Waals surface area contributed by atoms with Crippen molar-refractivity contribution in [1.29, 1.82) is 0 Å². The van der Waals surface area contributed by atoms with E-state index in [0.29, 0.717) is 28.9 Å². The number of nitrogens with zero attached hydrogens (tertiary/aromatic N) is 2. The van der Waals surface area contributed by atoms with Gasteiger partial charge < -0.3 is 5.11 Å². The van der Waals surface area contributed by atoms with Crippen LogP contribution in [0.1, 0.15) is 49.3 Å². The summed E-state index contributed by atoms with van der Waals surface area (Å²) in [5, 5.41) is 11.4. The van der Waals surface area contributed by atoms with Gasteiger partial charge in [-0.15, -0.1) is 0 Å². The molecule has 0 spiro atoms. The van der Waals surface area contributed by atoms with E-state index >= 15 is 0 Å². The molecule has 2 saturated heterocycles. The van der Waals surface area contributed by atoms with Gasteiger partial charge in [0.1, 0.15) is 5.75 Å². The number of aryl methyl sites for hydroxylation is 2. The van der Waals surface area contributed by atoms with Gasteiger partial charge >= 0.3 is 0 Å². The topological polar surface area (TPSA) is 95.0 Å². The van der Waals surface area contributed by atoms with Crippen LogP contribution in [0.2, 0.25) is 0 Å². The summed E-state index contributed by atoms with van der Waals surface area (Å²) >= 11 is 0. The molecule has 4 aliphatic rings. The summed E-state index contributed by atoms with van der Waals surface area (Å²) in [7, 11) is 0. The Labute approximate surface area is 250 Å². The first-order valence-electron chi connectivity index (χ1n) is 15.1. The van der Waals surface area contributed by atoms with Crippen molar-refractivity contribution in [2.75, 3.05) is 9.80 Å². The minimum Gasteiger partial charge on any atom is -0.507 e. The number of allylic oxidation sites excluding steroid dienone is 2. The van der Waals surface area contributed by atoms with Crippen molar-refractivity contribution in [2.24, 2.45) is 29.1 Å². The molecule has 7 heteroatoms. The third kappa shape index (κ3) is 3.73. The van der Waals surface area contributed by atoms with E-state index in [1.54, 1.807) is 24.3 Å². The van der Waals surface area contributed by atoms with E-state index in [2.05, 4.69) is 6.92 Å². The molecule has 0 aromatic heterocycles. The highest BCUT2D eigenvalue weighted by Gasteiger charge is 2.68. The predicted octanol–water partition coefficient (Wildman–Crippen LogP) is 5.70. The lowest BCUT2D eigenvalue weighted by Gasteiger charge is -2.49. The molecular formula is C36H34N2O5. The van der Waals surface area contributed by atoms with Gasteiger partial charge in [0.25, 0.3) is 0 Å². The number of carbonyl (C=O) groups is 4. The van der Waals surface area contributed by atoms with Crippen molar-refractivity contribution in [1.82, 2.24) is 0 Å². The summed E-state index contributed by atoms with van der Waals surface area (Å²) in [6.07, 6.45) is 3.50. The van der Waals surface area contributed by atoms with Crippen LogP contribution in [-0.2, 0) is 25.6 Å². The van der Waals surface area contributed by atoms with Crippen LogP contribution in [0, 0.1) is 36.0 Å². The first-order valence-corrected chi connectivity index (χ1v) is 15.1. The molecule has 7 nitrogen and oxygen atoms in total. The van der Waals surface area contributed by atoms with Gasteiger partial charge in [0.15, 0.2) is 0 Å². The molecule has 2 heterocycles. The first-order chi connectivity index (χ1) is 20.7. The lowest BCUT2D eigenvalue weighted by atomic mass is 9.51. The molecule has 3 fully saturated rings. The second-order valence-electron chi connectivity index (χ2n) is 12.5. The number of amides is 4. The Morgan fingerprint density at radius 1 is 0.814 bits per heavy atom. The SMILES string of the molecule is CCc1ccc(N2C(=O)C3CC=C4C(CC5C(=O)N(c6ccccc6)C(=O)C5(C)C4c4cccc(C)c4O)C3C2=O)cc1. The van der Waals surface area contributed by atoms with E-state index in [0.717, 1.165) is 17.6 Å². The fourth-order valence-corrected chi connectivity index (χ4v) is 8.23. The van der Waals surface area contributed by atoms with Crippen molar-refractivity contribution in [3.05, 3.63) is 101 Å². The van der Waals surface area contributed by atoms with Crippen LogP contribution < -0.4 is 9.80 Å². The van der Waals surface area contributed by atoms with Gasteiger partial charge in [-0.2, -0.15) is 0 Å². The minimum atomic E-state index is -1.19. The Balaban J connectivity index is 1.36. The normalized spacial score (nSPS) is 29.8. The number of hydrogen-bond donors (Lipinski definition) is 1. The Bertz CT molecular complexity index is 1710. The molecule has 1 saturated carbocycles. The maximum Gasteiger partial charge on any atom is 0.241 e. The summed E-state index contributed by atoms with van der Waals surface area (Å²) in [5.74, 6) is -4.00. The number of aromatic hydroxyl groups is 1. The second-order valence-corrected chi connectivity index (χ2v) is 12.5. The van der Waals surface area contributed by atoms with Crippen molar-refractivity contribution < 1.29 is 24.3 Å². The van der Waals surface area contributed by atoms with E-state index in [1.807, 2.05) is 68.5 Å². The molecular weight excluding hydrogens is 540 g/mol. The predicted molar refractivity (Wildman–Crippen MR) is 162 cm³/mol. The number of phenols is 1. The Morgan fingerprint density at radius 2 is 1.51 bits per heavy atom. The number of hydrogen-bond acceptors (Lipinski definition) is 5. The van der Waals surface area contributed by atoms with Crippen molar-refractivity contribution in [3.63, 3.8) is 0 Å². The van der Waals surface area contributed by atoms with Gasteiger partial charge in [-0.25, -0.2) is 4.90 Å². The zero-order chi connectivity index (χ0) is 30.2. The van der Waals surface area contributed by atoms with Gasteiger partial charge in [0, 0.05) is 11.5 Å². The molecule has 218 valence electrons. The number of fused-ring (bicyclic) bond motifs is 4. The summed E-state index contributed by atoms with van der Waals surface area (Å²) in [4.78, 5) is 59.2. The third-order valence-electron chi connectivity index (χ3n) is 10.5. The number of anilines is 2. The third-order valence-corrected chi connectivity index (χ3v) is 10.5. The Kier molecular flexibility index (Phi) is 6.20. The van der Waals surface area contributed by atoms with Gasteiger partial charge in [0.2, 0.25) is 23.6 Å². The summed E-state index contributed by atoms with van der Waals surface area (Å²) in [6, 6.07) is 21.9. The molecule has 2 aliphatic carbocycles. The monoisotopic (exact) mass is 574 g/mol. The number of para-hydroxylation sites is 2. The van der Waals surface area contributed by atoms with Crippen LogP contribution in [-0.4, -0.2) is 28.7 Å². The van der Waals surface area contributed by atoms with Crippen LogP contribution >= 0.6 is 0 Å². The lowest BCUT2D eigenvalue weighted by molar-refractivity contribution is -0.131. The highest BCUT2D eigenvalue weighted by atomic mass is 16.3. The molecule has 6 atom stereocenters. The average molecular weight is 575 g/mol. The number of rotatable bonds is 4. The standard InChI is InChI=1S/C36H34N2O5/c1-4-21-13-15-23(16-14-21)37-32(40)25-18-17-24-27(29(25)34(37)42)19-28-33(41)38(22-10-6-5-7-11-22)35(43)36(28,3)30(24)26-12-8-9-20(2)31(26)39/h5-17,25,27-30,39H,4,18-19H2,1-3H3. The highest BCUT2D eigenvalue weighted by Crippen LogP contribution is 2.64. The molecule has 7 rings (SSSR count). The van der Waals surface area contributed by atoms with Gasteiger partial charge in [0.05, 0.1) is 34.5 Å². The number of carbonyl (C=O) groups excluding carboxylic acids is 4. The number of imide groups is 2. The maximum absolute atomic E-state index is 14.4. The van der Waals surface area contributed by atoms with E-state index in [9.17, 15) is 24.3 Å². The van der Waals surface area contributed by atoms with E-state index in [4.69, 9.17) is 0 Å². The van der Waals surface area contributed by atoms with E-state index < -0.39 is 35.0 Å². The van der Waals surface area contributed by atoms with Gasteiger partial charge in [-0.05, 0) is 74.4 Å². The Morgan fingerprint density at radius 3 is 2.21 bits per heavy atom. The smallest absolute Gasteiger partial charge is 0.241 e. The first kappa shape index (κ1) is 27.3. The summed E-state index contributed by atoms with van der Waals surface area (Å²) in [6.45, 7) is 5.69. The molecule has 0 radical (unpaired) electrons. The molecule has 0 bridgehead atoms. The zero-order valence-corrected chi connectivity index (χ0v) is 24.5. The highest BCUT2D eigenvalue weighted by molar-refractivity contribution is 6.25. The fraction of sp³-hybridized carbons (Fsp3) is 0.333. The minimum absolute atomic E-state index is 0.0843. The summed E-state index contributed by atoms with van der Waals surface area (Å²) in [5.41, 5.74) is 3.09. The van der Waals surface area contributed by atoms with Crippen LogP contribution in [0.25, 0.3) is 0 Å².